The summed E-state index contributed by atoms with van der Waals surface area (Å²) in [4.78, 5) is 2.36. The average molecular weight is 337 g/mol. The van der Waals surface area contributed by atoms with Crippen LogP contribution in [-0.2, 0) is 12.2 Å². The van der Waals surface area contributed by atoms with Crippen molar-refractivity contribution in [2.45, 2.75) is 18.3 Å². The van der Waals surface area contributed by atoms with E-state index in [0.29, 0.717) is 16.4 Å². The molecule has 1 aliphatic heterocycles. The van der Waals surface area contributed by atoms with E-state index in [9.17, 15) is 5.11 Å². The number of hydrogen-bond acceptors (Lipinski definition) is 4. The molecule has 2 aromatic heterocycles. The molecular weight excluding hydrogens is 324 g/mol. The average Bonchev–Trinajstić information content (AvgIpc) is 3.11. The number of hydrogen-bond donors (Lipinski definition) is 1. The third kappa shape index (κ3) is 2.40. The SMILES string of the molecule is OC(c1cc2cccc(Cl)c2o1)c1cc2c(s1)CCSC2. The standard InChI is InChI=1S/C16H13ClO2S2/c17-11-3-1-2-9-6-12(19-16(9)11)15(18)14-7-10-8-20-5-4-13(10)21-14/h1-3,6-7,15,18H,4-5,8H2. The van der Waals surface area contributed by atoms with Crippen molar-refractivity contribution in [2.24, 2.45) is 0 Å². The summed E-state index contributed by atoms with van der Waals surface area (Å²) in [6.07, 6.45) is 0.387. The smallest absolute Gasteiger partial charge is 0.153 e. The quantitative estimate of drug-likeness (QED) is 0.713. The normalized spacial score (nSPS) is 16.1. The third-order valence-electron chi connectivity index (χ3n) is 3.70. The van der Waals surface area contributed by atoms with Crippen LogP contribution in [-0.4, -0.2) is 10.9 Å². The predicted molar refractivity (Wildman–Crippen MR) is 89.5 cm³/mol. The number of aryl methyl sites for hydroxylation is 1. The summed E-state index contributed by atoms with van der Waals surface area (Å²) in [5, 5.41) is 12.1. The number of aliphatic hydroxyl groups is 1. The number of rotatable bonds is 2. The van der Waals surface area contributed by atoms with Crippen LogP contribution in [0.1, 0.15) is 27.2 Å². The molecule has 1 unspecified atom stereocenters. The van der Waals surface area contributed by atoms with Crippen LogP contribution in [0.4, 0.5) is 0 Å². The molecule has 0 saturated carbocycles. The number of fused-ring (bicyclic) bond motifs is 2. The molecule has 2 nitrogen and oxygen atoms in total. The van der Waals surface area contributed by atoms with Gasteiger partial charge in [0, 0.05) is 20.9 Å². The number of thiophene rings is 1. The van der Waals surface area contributed by atoms with E-state index >= 15 is 0 Å². The number of thioether (sulfide) groups is 1. The third-order valence-corrected chi connectivity index (χ3v) is 6.30. The highest BCUT2D eigenvalue weighted by Crippen LogP contribution is 2.38. The largest absolute Gasteiger partial charge is 0.456 e. The first-order chi connectivity index (χ1) is 10.2. The van der Waals surface area contributed by atoms with E-state index in [0.717, 1.165) is 22.4 Å². The molecule has 1 atom stereocenters. The molecule has 5 heteroatoms. The second-order valence-electron chi connectivity index (χ2n) is 5.11. The van der Waals surface area contributed by atoms with Crippen LogP contribution in [0.25, 0.3) is 11.0 Å². The molecule has 0 bridgehead atoms. The van der Waals surface area contributed by atoms with Gasteiger partial charge >= 0.3 is 0 Å². The van der Waals surface area contributed by atoms with E-state index in [1.165, 1.54) is 16.2 Å². The Balaban J connectivity index is 1.73. The maximum Gasteiger partial charge on any atom is 0.153 e. The van der Waals surface area contributed by atoms with Crippen LogP contribution in [0.5, 0.6) is 0 Å². The first-order valence-corrected chi connectivity index (χ1v) is 9.12. The highest BCUT2D eigenvalue weighted by molar-refractivity contribution is 7.98. The van der Waals surface area contributed by atoms with Crippen molar-refractivity contribution in [3.8, 4) is 0 Å². The van der Waals surface area contributed by atoms with Gasteiger partial charge < -0.3 is 9.52 Å². The van der Waals surface area contributed by atoms with Gasteiger partial charge in [0.05, 0.1) is 5.02 Å². The Morgan fingerprint density at radius 3 is 3.00 bits per heavy atom. The Kier molecular flexibility index (Phi) is 3.50. The topological polar surface area (TPSA) is 33.4 Å². The van der Waals surface area contributed by atoms with E-state index in [4.69, 9.17) is 16.0 Å². The molecule has 0 aliphatic carbocycles. The predicted octanol–water partition coefficient (Wildman–Crippen LogP) is 5.02. The lowest BCUT2D eigenvalue weighted by molar-refractivity contribution is 0.196. The fourth-order valence-corrected chi connectivity index (χ4v) is 5.22. The molecule has 1 aliphatic rings. The van der Waals surface area contributed by atoms with Gasteiger partial charge in [-0.1, -0.05) is 23.7 Å². The fraction of sp³-hybridized carbons (Fsp3) is 0.250. The van der Waals surface area contributed by atoms with Crippen molar-refractivity contribution in [3.63, 3.8) is 0 Å². The number of halogens is 1. The lowest BCUT2D eigenvalue weighted by atomic mass is 10.1. The molecule has 21 heavy (non-hydrogen) atoms. The summed E-state index contributed by atoms with van der Waals surface area (Å²) < 4.78 is 5.77. The van der Waals surface area contributed by atoms with Crippen molar-refractivity contribution in [1.82, 2.24) is 0 Å². The molecule has 4 rings (SSSR count). The monoisotopic (exact) mass is 336 g/mol. The van der Waals surface area contributed by atoms with Gasteiger partial charge in [-0.3, -0.25) is 0 Å². The summed E-state index contributed by atoms with van der Waals surface area (Å²) >= 11 is 9.77. The summed E-state index contributed by atoms with van der Waals surface area (Å²) in [5.74, 6) is 2.78. The van der Waals surface area contributed by atoms with E-state index in [2.05, 4.69) is 6.07 Å². The summed E-state index contributed by atoms with van der Waals surface area (Å²) in [7, 11) is 0. The highest BCUT2D eigenvalue weighted by Gasteiger charge is 2.22. The Bertz CT molecular complexity index is 782. The number of aliphatic hydroxyl groups excluding tert-OH is 1. The van der Waals surface area contributed by atoms with Gasteiger partial charge in [-0.05, 0) is 35.9 Å². The Hall–Kier alpha value is -0.940. The van der Waals surface area contributed by atoms with Crippen LogP contribution in [0.3, 0.4) is 0 Å². The fourth-order valence-electron chi connectivity index (χ4n) is 2.63. The van der Waals surface area contributed by atoms with Crippen LogP contribution in [0, 0.1) is 0 Å². The lowest BCUT2D eigenvalue weighted by Gasteiger charge is -2.08. The maximum atomic E-state index is 10.6. The Morgan fingerprint density at radius 2 is 2.19 bits per heavy atom. The van der Waals surface area contributed by atoms with Crippen molar-refractivity contribution in [3.05, 3.63) is 56.4 Å². The molecular formula is C16H13ClO2S2. The van der Waals surface area contributed by atoms with Crippen LogP contribution in [0.2, 0.25) is 5.02 Å². The minimum Gasteiger partial charge on any atom is -0.456 e. The van der Waals surface area contributed by atoms with Crippen molar-refractivity contribution < 1.29 is 9.52 Å². The summed E-state index contributed by atoms with van der Waals surface area (Å²) in [6, 6.07) is 9.62. The molecule has 1 N–H and O–H groups in total. The van der Waals surface area contributed by atoms with Crippen molar-refractivity contribution >= 4 is 45.7 Å². The van der Waals surface area contributed by atoms with Gasteiger partial charge in [-0.25, -0.2) is 0 Å². The zero-order chi connectivity index (χ0) is 14.4. The van der Waals surface area contributed by atoms with Gasteiger partial charge in [0.1, 0.15) is 11.9 Å². The number of furan rings is 1. The second-order valence-corrected chi connectivity index (χ2v) is 7.79. The Labute approximate surface area is 135 Å². The van der Waals surface area contributed by atoms with Gasteiger partial charge in [0.25, 0.3) is 0 Å². The summed E-state index contributed by atoms with van der Waals surface area (Å²) in [5.41, 5.74) is 2.00. The highest BCUT2D eigenvalue weighted by atomic mass is 35.5. The first kappa shape index (κ1) is 13.7. The zero-order valence-electron chi connectivity index (χ0n) is 11.1. The molecule has 3 heterocycles. The molecule has 3 aromatic rings. The molecule has 0 saturated heterocycles. The van der Waals surface area contributed by atoms with E-state index in [1.54, 1.807) is 17.4 Å². The van der Waals surface area contributed by atoms with Crippen LogP contribution in [0.15, 0.2) is 34.7 Å². The minimum atomic E-state index is -0.714. The Morgan fingerprint density at radius 1 is 1.29 bits per heavy atom. The van der Waals surface area contributed by atoms with Crippen molar-refractivity contribution in [1.29, 1.82) is 0 Å². The molecule has 108 valence electrons. The van der Waals surface area contributed by atoms with Gasteiger partial charge in [-0.15, -0.1) is 11.3 Å². The molecule has 1 aromatic carbocycles. The molecule has 0 amide bonds. The maximum absolute atomic E-state index is 10.6. The zero-order valence-corrected chi connectivity index (χ0v) is 13.5. The second kappa shape index (κ2) is 5.36. The molecule has 0 spiro atoms. The lowest BCUT2D eigenvalue weighted by Crippen LogP contribution is -1.96. The number of benzene rings is 1. The van der Waals surface area contributed by atoms with Crippen LogP contribution < -0.4 is 0 Å². The van der Waals surface area contributed by atoms with E-state index in [1.807, 2.05) is 30.0 Å². The summed E-state index contributed by atoms with van der Waals surface area (Å²) in [6.45, 7) is 0. The van der Waals surface area contributed by atoms with Gasteiger partial charge in [0.2, 0.25) is 0 Å². The van der Waals surface area contributed by atoms with Crippen LogP contribution >= 0.6 is 34.7 Å². The van der Waals surface area contributed by atoms with E-state index < -0.39 is 6.10 Å². The molecule has 0 fully saturated rings. The van der Waals surface area contributed by atoms with Gasteiger partial charge in [-0.2, -0.15) is 11.8 Å². The minimum absolute atomic E-state index is 0.560. The number of para-hydroxylation sites is 1. The molecule has 0 radical (unpaired) electrons. The van der Waals surface area contributed by atoms with Crippen molar-refractivity contribution in [2.75, 3.05) is 5.75 Å². The van der Waals surface area contributed by atoms with Gasteiger partial charge in [0.15, 0.2) is 5.58 Å². The van der Waals surface area contributed by atoms with E-state index in [-0.39, 0.29) is 0 Å². The first-order valence-electron chi connectivity index (χ1n) is 6.77.